The number of hydrogen-bond acceptors (Lipinski definition) is 4. The zero-order chi connectivity index (χ0) is 19.6. The molecule has 1 aliphatic heterocycles. The van der Waals surface area contributed by atoms with Crippen LogP contribution in [0, 0.1) is 5.41 Å². The molecule has 2 atom stereocenters. The number of hydrogen-bond donors (Lipinski definition) is 1. The Labute approximate surface area is 165 Å². The number of likely N-dealkylation sites (tertiary alicyclic amines) is 1. The number of carbonyl (C=O) groups excluding carboxylic acids is 2. The Hall–Kier alpha value is -2.47. The molecule has 2 aliphatic rings. The van der Waals surface area contributed by atoms with Crippen LogP contribution in [0.4, 0.5) is 0 Å². The molecule has 28 heavy (non-hydrogen) atoms. The van der Waals surface area contributed by atoms with Crippen molar-refractivity contribution in [2.75, 3.05) is 26.8 Å². The van der Waals surface area contributed by atoms with Gasteiger partial charge in [-0.05, 0) is 43.5 Å². The quantitative estimate of drug-likeness (QED) is 0.835. The molecule has 0 radical (unpaired) electrons. The summed E-state index contributed by atoms with van der Waals surface area (Å²) in [6.07, 6.45) is 6.31. The monoisotopic (exact) mass is 381 g/mol. The Morgan fingerprint density at radius 2 is 2.25 bits per heavy atom. The summed E-state index contributed by atoms with van der Waals surface area (Å²) in [5, 5.41) is 4.12. The van der Waals surface area contributed by atoms with E-state index in [9.17, 15) is 9.59 Å². The van der Waals surface area contributed by atoms with Crippen molar-refractivity contribution in [3.8, 4) is 0 Å². The highest BCUT2D eigenvalue weighted by molar-refractivity contribution is 5.97. The van der Waals surface area contributed by atoms with E-state index in [4.69, 9.17) is 4.74 Å². The van der Waals surface area contributed by atoms with Gasteiger partial charge in [0.15, 0.2) is 0 Å². The Kier molecular flexibility index (Phi) is 5.31. The van der Waals surface area contributed by atoms with Crippen molar-refractivity contribution in [2.45, 2.75) is 38.1 Å². The summed E-state index contributed by atoms with van der Waals surface area (Å²) in [6, 6.07) is 9.63. The van der Waals surface area contributed by atoms with Crippen LogP contribution >= 0.6 is 0 Å². The average molecular weight is 381 g/mol. The average Bonchev–Trinajstić information content (AvgIpc) is 3.15. The minimum absolute atomic E-state index is 0.0181. The summed E-state index contributed by atoms with van der Waals surface area (Å²) >= 11 is 0. The molecule has 0 spiro atoms. The molecular formula is C22H27N3O3. The number of amides is 2. The number of nitrogens with one attached hydrogen (secondary N) is 1. The van der Waals surface area contributed by atoms with E-state index in [1.807, 2.05) is 35.2 Å². The van der Waals surface area contributed by atoms with Gasteiger partial charge in [-0.3, -0.25) is 14.6 Å². The molecule has 148 valence electrons. The summed E-state index contributed by atoms with van der Waals surface area (Å²) in [7, 11) is 1.66. The third-order valence-electron chi connectivity index (χ3n) is 6.39. The number of pyridine rings is 1. The molecular weight excluding hydrogens is 354 g/mol. The summed E-state index contributed by atoms with van der Waals surface area (Å²) in [5.41, 5.74) is 1.51. The molecule has 0 bridgehead atoms. The van der Waals surface area contributed by atoms with E-state index in [2.05, 4.69) is 10.3 Å². The number of carbonyl (C=O) groups is 2. The zero-order valence-electron chi connectivity index (χ0n) is 16.3. The predicted octanol–water partition coefficient (Wildman–Crippen LogP) is 2.77. The molecule has 6 heteroatoms. The van der Waals surface area contributed by atoms with Crippen molar-refractivity contribution in [1.82, 2.24) is 15.2 Å². The van der Waals surface area contributed by atoms with Gasteiger partial charge >= 0.3 is 0 Å². The fourth-order valence-electron chi connectivity index (χ4n) is 4.91. The first-order valence-electron chi connectivity index (χ1n) is 10.0. The van der Waals surface area contributed by atoms with Gasteiger partial charge in [-0.15, -0.1) is 0 Å². The van der Waals surface area contributed by atoms with Crippen LogP contribution in [0.1, 0.15) is 42.5 Å². The molecule has 6 nitrogen and oxygen atoms in total. The van der Waals surface area contributed by atoms with Crippen molar-refractivity contribution in [1.29, 1.82) is 0 Å². The fourth-order valence-corrected chi connectivity index (χ4v) is 4.91. The molecule has 2 amide bonds. The van der Waals surface area contributed by atoms with Crippen molar-refractivity contribution < 1.29 is 14.3 Å². The summed E-state index contributed by atoms with van der Waals surface area (Å²) in [4.78, 5) is 31.5. The van der Waals surface area contributed by atoms with Gasteiger partial charge in [-0.2, -0.15) is 0 Å². The smallest absolute Gasteiger partial charge is 0.251 e. The third kappa shape index (κ3) is 3.49. The van der Waals surface area contributed by atoms with Gasteiger partial charge in [0.05, 0.1) is 12.1 Å². The van der Waals surface area contributed by atoms with Gasteiger partial charge < -0.3 is 15.0 Å². The largest absolute Gasteiger partial charge is 0.383 e. The summed E-state index contributed by atoms with van der Waals surface area (Å²) in [6.45, 7) is 1.79. The van der Waals surface area contributed by atoms with Gasteiger partial charge in [0.1, 0.15) is 0 Å². The van der Waals surface area contributed by atoms with Crippen LogP contribution in [0.5, 0.6) is 0 Å². The number of aromatic nitrogens is 1. The maximum absolute atomic E-state index is 12.8. The van der Waals surface area contributed by atoms with Gasteiger partial charge in [-0.1, -0.05) is 12.5 Å². The lowest BCUT2D eigenvalue weighted by atomic mass is 9.74. The van der Waals surface area contributed by atoms with Gasteiger partial charge in [0.25, 0.3) is 5.91 Å². The maximum Gasteiger partial charge on any atom is 0.251 e. The predicted molar refractivity (Wildman–Crippen MR) is 107 cm³/mol. The Morgan fingerprint density at radius 3 is 3.11 bits per heavy atom. The van der Waals surface area contributed by atoms with Gasteiger partial charge in [0, 0.05) is 55.2 Å². The molecule has 2 heterocycles. The van der Waals surface area contributed by atoms with Crippen molar-refractivity contribution in [3.63, 3.8) is 0 Å². The molecule has 4 rings (SSSR count). The molecule has 1 aromatic carbocycles. The maximum atomic E-state index is 12.8. The first-order valence-corrected chi connectivity index (χ1v) is 10.0. The van der Waals surface area contributed by atoms with Crippen LogP contribution < -0.4 is 5.32 Å². The van der Waals surface area contributed by atoms with E-state index in [0.29, 0.717) is 31.7 Å². The second-order valence-electron chi connectivity index (χ2n) is 7.94. The van der Waals surface area contributed by atoms with Crippen LogP contribution in [-0.2, 0) is 9.53 Å². The van der Waals surface area contributed by atoms with E-state index in [-0.39, 0.29) is 23.3 Å². The first-order chi connectivity index (χ1) is 13.6. The number of piperidine rings is 1. The summed E-state index contributed by atoms with van der Waals surface area (Å²) in [5.74, 6) is 0.152. The van der Waals surface area contributed by atoms with Crippen molar-refractivity contribution in [3.05, 3.63) is 42.1 Å². The SMILES string of the molecule is COCCN1C(=O)CC[C@]2(CNC(=O)c3ccc4ncccc4c3)CCC[C@@H]12. The van der Waals surface area contributed by atoms with Crippen LogP contribution in [0.3, 0.4) is 0 Å². The van der Waals surface area contributed by atoms with E-state index in [1.54, 1.807) is 13.3 Å². The Bertz CT molecular complexity index is 884. The normalized spacial score (nSPS) is 24.4. The molecule has 1 N–H and O–H groups in total. The molecule has 1 saturated heterocycles. The Balaban J connectivity index is 1.47. The lowest BCUT2D eigenvalue weighted by molar-refractivity contribution is -0.142. The number of ether oxygens (including phenoxy) is 1. The molecule has 2 fully saturated rings. The van der Waals surface area contributed by atoms with Crippen LogP contribution in [0.15, 0.2) is 36.5 Å². The second kappa shape index (κ2) is 7.87. The number of fused-ring (bicyclic) bond motifs is 2. The van der Waals surface area contributed by atoms with E-state index >= 15 is 0 Å². The molecule has 1 saturated carbocycles. The van der Waals surface area contributed by atoms with E-state index in [1.165, 1.54) is 0 Å². The minimum Gasteiger partial charge on any atom is -0.383 e. The van der Waals surface area contributed by atoms with Crippen molar-refractivity contribution in [2.24, 2.45) is 5.41 Å². The number of rotatable bonds is 6. The van der Waals surface area contributed by atoms with Gasteiger partial charge in [0.2, 0.25) is 5.91 Å². The minimum atomic E-state index is -0.0638. The lowest BCUT2D eigenvalue weighted by Gasteiger charge is -2.46. The van der Waals surface area contributed by atoms with Crippen LogP contribution in [0.25, 0.3) is 10.9 Å². The molecule has 1 aliphatic carbocycles. The highest BCUT2D eigenvalue weighted by Crippen LogP contribution is 2.47. The molecule has 0 unspecified atom stereocenters. The second-order valence-corrected chi connectivity index (χ2v) is 7.94. The molecule has 2 aromatic rings. The highest BCUT2D eigenvalue weighted by atomic mass is 16.5. The van der Waals surface area contributed by atoms with E-state index in [0.717, 1.165) is 36.6 Å². The number of benzene rings is 1. The molecule has 1 aromatic heterocycles. The fraction of sp³-hybridized carbons (Fsp3) is 0.500. The highest BCUT2D eigenvalue weighted by Gasteiger charge is 2.50. The summed E-state index contributed by atoms with van der Waals surface area (Å²) < 4.78 is 5.20. The zero-order valence-corrected chi connectivity index (χ0v) is 16.3. The van der Waals surface area contributed by atoms with E-state index < -0.39 is 0 Å². The van der Waals surface area contributed by atoms with Crippen LogP contribution in [-0.4, -0.2) is 54.5 Å². The van der Waals surface area contributed by atoms with Crippen LogP contribution in [0.2, 0.25) is 0 Å². The topological polar surface area (TPSA) is 71.5 Å². The van der Waals surface area contributed by atoms with Crippen molar-refractivity contribution >= 4 is 22.7 Å². The lowest BCUT2D eigenvalue weighted by Crippen LogP contribution is -2.56. The third-order valence-corrected chi connectivity index (χ3v) is 6.39. The number of methoxy groups -OCH3 is 1. The first kappa shape index (κ1) is 18.9. The van der Waals surface area contributed by atoms with Gasteiger partial charge in [-0.25, -0.2) is 0 Å². The Morgan fingerprint density at radius 1 is 1.36 bits per heavy atom. The standard InChI is InChI=1S/C22H27N3O3/c1-28-13-12-25-19-5-2-9-22(19,10-8-20(25)26)15-24-21(27)17-6-7-18-16(14-17)4-3-11-23-18/h3-4,6-7,11,14,19H,2,5,8-10,12-13,15H2,1H3,(H,24,27)/t19-,22+/m1/s1. The number of nitrogens with zero attached hydrogens (tertiary/aromatic N) is 2.